The van der Waals surface area contributed by atoms with Crippen LogP contribution in [0.15, 0.2) is 53.3 Å². The Kier molecular flexibility index (Phi) is 8.42. The number of benzene rings is 2. The molecule has 6 nitrogen and oxygen atoms in total. The minimum atomic E-state index is -1.70. The van der Waals surface area contributed by atoms with E-state index in [4.69, 9.17) is 9.72 Å². The van der Waals surface area contributed by atoms with E-state index in [2.05, 4.69) is 37.6 Å². The number of carbonyl (C=O) groups excluding carboxylic acids is 1. The van der Waals surface area contributed by atoms with Crippen LogP contribution in [-0.4, -0.2) is 29.3 Å². The minimum Gasteiger partial charge on any atom is -0.444 e. The van der Waals surface area contributed by atoms with Crippen LogP contribution in [0.5, 0.6) is 0 Å². The van der Waals surface area contributed by atoms with E-state index >= 15 is 0 Å². The molecule has 3 rings (SSSR count). The number of amides is 1. The summed E-state index contributed by atoms with van der Waals surface area (Å²) in [4.78, 5) is 31.4. The lowest BCUT2D eigenvalue weighted by Crippen LogP contribution is -2.37. The minimum absolute atomic E-state index is 0.208. The summed E-state index contributed by atoms with van der Waals surface area (Å²) in [6.07, 6.45) is -0.566. The molecule has 1 heterocycles. The summed E-state index contributed by atoms with van der Waals surface area (Å²) in [6.45, 7) is 13.9. The number of rotatable bonds is 6. The number of alkyl carbamates (subject to hydrolysis) is 1. The van der Waals surface area contributed by atoms with E-state index in [-0.39, 0.29) is 5.56 Å². The number of hydrogen-bond acceptors (Lipinski definition) is 4. The van der Waals surface area contributed by atoms with Crippen molar-refractivity contribution in [3.8, 4) is 17.2 Å². The third kappa shape index (κ3) is 6.06. The van der Waals surface area contributed by atoms with Crippen LogP contribution in [0.1, 0.15) is 65.9 Å². The number of nitrogens with zero attached hydrogens (tertiary/aromatic N) is 2. The molecule has 0 radical (unpaired) electrons. The van der Waals surface area contributed by atoms with Crippen LogP contribution in [0, 0.1) is 11.5 Å². The van der Waals surface area contributed by atoms with Gasteiger partial charge in [-0.15, -0.1) is 5.54 Å². The van der Waals surface area contributed by atoms with Crippen LogP contribution in [0.2, 0.25) is 18.1 Å². The van der Waals surface area contributed by atoms with E-state index in [1.165, 1.54) is 0 Å². The fourth-order valence-electron chi connectivity index (χ4n) is 4.23. The van der Waals surface area contributed by atoms with Gasteiger partial charge in [-0.2, -0.15) is 0 Å². The van der Waals surface area contributed by atoms with Gasteiger partial charge in [-0.3, -0.25) is 9.36 Å². The molecule has 190 valence electrons. The zero-order valence-corrected chi connectivity index (χ0v) is 23.4. The van der Waals surface area contributed by atoms with Gasteiger partial charge in [0.1, 0.15) is 19.5 Å². The molecular weight excluding hydrogens is 466 g/mol. The quantitative estimate of drug-likeness (QED) is 0.313. The van der Waals surface area contributed by atoms with Gasteiger partial charge in [-0.05, 0) is 70.1 Å². The summed E-state index contributed by atoms with van der Waals surface area (Å²) >= 11 is 0. The number of carbonyl (C=O) groups is 1. The SMILES string of the molecule is CC[Si](C#Cc1cccc2nc([C@H](C)NC(=O)OC(C)(C)C)n(-c3ccccc3)c(=O)c12)(CC)CC. The van der Waals surface area contributed by atoms with Crippen molar-refractivity contribution >= 4 is 25.1 Å². The molecule has 1 amide bonds. The Morgan fingerprint density at radius 1 is 1.06 bits per heavy atom. The fraction of sp³-hybridized carbons (Fsp3) is 0.414. The summed E-state index contributed by atoms with van der Waals surface area (Å²) in [5.74, 6) is 3.80. The Morgan fingerprint density at radius 3 is 2.28 bits per heavy atom. The standard InChI is InChI=1S/C29H37N3O3Si/c1-8-36(9-2,10-3)20-19-22-15-14-18-24-25(22)27(33)32(23-16-12-11-13-17-23)26(31-24)21(4)30-28(34)35-29(5,6)7/h11-18,21H,8-10H2,1-7H3,(H,30,34)/t21-/m0/s1. The van der Waals surface area contributed by atoms with Gasteiger partial charge in [0.2, 0.25) is 0 Å². The molecule has 0 aliphatic carbocycles. The number of hydrogen-bond donors (Lipinski definition) is 1. The smallest absolute Gasteiger partial charge is 0.408 e. The van der Waals surface area contributed by atoms with Gasteiger partial charge in [0, 0.05) is 5.56 Å². The highest BCUT2D eigenvalue weighted by molar-refractivity contribution is 6.87. The fourth-order valence-corrected chi connectivity index (χ4v) is 6.66. The van der Waals surface area contributed by atoms with Crippen molar-refractivity contribution in [2.75, 3.05) is 0 Å². The van der Waals surface area contributed by atoms with Crippen LogP contribution in [0.3, 0.4) is 0 Å². The normalized spacial score (nSPS) is 12.5. The lowest BCUT2D eigenvalue weighted by Gasteiger charge is -2.23. The van der Waals surface area contributed by atoms with E-state index < -0.39 is 25.8 Å². The molecule has 0 unspecified atom stereocenters. The second kappa shape index (κ2) is 11.1. The monoisotopic (exact) mass is 503 g/mol. The Bertz CT molecular complexity index is 1340. The highest BCUT2D eigenvalue weighted by Gasteiger charge is 2.25. The first-order valence-electron chi connectivity index (χ1n) is 12.7. The van der Waals surface area contributed by atoms with Gasteiger partial charge in [0.05, 0.1) is 22.6 Å². The maximum atomic E-state index is 14.0. The van der Waals surface area contributed by atoms with Gasteiger partial charge in [-0.1, -0.05) is 51.0 Å². The molecule has 0 saturated heterocycles. The Hall–Kier alpha value is -3.37. The van der Waals surface area contributed by atoms with Crippen LogP contribution in [0.4, 0.5) is 4.79 Å². The van der Waals surface area contributed by atoms with Crippen LogP contribution >= 0.6 is 0 Å². The van der Waals surface area contributed by atoms with Crippen molar-refractivity contribution in [2.24, 2.45) is 0 Å². The molecule has 2 aromatic carbocycles. The zero-order valence-electron chi connectivity index (χ0n) is 22.4. The van der Waals surface area contributed by atoms with Crippen LogP contribution in [0.25, 0.3) is 16.6 Å². The molecule has 36 heavy (non-hydrogen) atoms. The molecule has 0 aliphatic heterocycles. The largest absolute Gasteiger partial charge is 0.444 e. The predicted octanol–water partition coefficient (Wildman–Crippen LogP) is 6.37. The summed E-state index contributed by atoms with van der Waals surface area (Å²) in [5.41, 5.74) is 4.68. The topological polar surface area (TPSA) is 73.2 Å². The van der Waals surface area contributed by atoms with Crippen molar-refractivity contribution in [3.05, 3.63) is 70.3 Å². The van der Waals surface area contributed by atoms with Crippen molar-refractivity contribution < 1.29 is 9.53 Å². The first-order valence-corrected chi connectivity index (χ1v) is 15.3. The van der Waals surface area contributed by atoms with Crippen molar-refractivity contribution in [2.45, 2.75) is 78.2 Å². The Morgan fingerprint density at radius 2 is 1.69 bits per heavy atom. The third-order valence-electron chi connectivity index (χ3n) is 6.55. The van der Waals surface area contributed by atoms with E-state index in [0.717, 1.165) is 18.1 Å². The van der Waals surface area contributed by atoms with Crippen molar-refractivity contribution in [3.63, 3.8) is 0 Å². The van der Waals surface area contributed by atoms with Gasteiger partial charge in [0.15, 0.2) is 0 Å². The van der Waals surface area contributed by atoms with E-state index in [1.807, 2.05) is 48.5 Å². The lowest BCUT2D eigenvalue weighted by atomic mass is 10.1. The number of fused-ring (bicyclic) bond motifs is 1. The summed E-state index contributed by atoms with van der Waals surface area (Å²) < 4.78 is 7.00. The number of para-hydroxylation sites is 1. The molecular formula is C29H37N3O3Si. The van der Waals surface area contributed by atoms with Gasteiger partial charge in [-0.25, -0.2) is 9.78 Å². The predicted molar refractivity (Wildman–Crippen MR) is 149 cm³/mol. The highest BCUT2D eigenvalue weighted by atomic mass is 28.3. The molecule has 3 aromatic rings. The molecule has 0 aliphatic rings. The molecule has 1 N–H and O–H groups in total. The summed E-state index contributed by atoms with van der Waals surface area (Å²) in [6, 6.07) is 17.6. The molecule has 0 fully saturated rings. The number of ether oxygens (including phenoxy) is 1. The molecule has 1 aromatic heterocycles. The van der Waals surface area contributed by atoms with Crippen LogP contribution < -0.4 is 10.9 Å². The maximum absolute atomic E-state index is 14.0. The van der Waals surface area contributed by atoms with Gasteiger partial charge < -0.3 is 10.1 Å². The zero-order chi connectivity index (χ0) is 26.5. The lowest BCUT2D eigenvalue weighted by molar-refractivity contribution is 0.0505. The molecule has 0 saturated carbocycles. The number of nitrogens with one attached hydrogen (secondary N) is 1. The third-order valence-corrected chi connectivity index (χ3v) is 11.3. The Labute approximate surface area is 215 Å². The van der Waals surface area contributed by atoms with E-state index in [0.29, 0.717) is 28.0 Å². The average Bonchev–Trinajstić information content (AvgIpc) is 2.84. The van der Waals surface area contributed by atoms with E-state index in [1.54, 1.807) is 32.3 Å². The molecule has 1 atom stereocenters. The van der Waals surface area contributed by atoms with Crippen molar-refractivity contribution in [1.29, 1.82) is 0 Å². The molecule has 7 heteroatoms. The van der Waals surface area contributed by atoms with Gasteiger partial charge in [0.25, 0.3) is 5.56 Å². The highest BCUT2D eigenvalue weighted by Crippen LogP contribution is 2.22. The van der Waals surface area contributed by atoms with Gasteiger partial charge >= 0.3 is 6.09 Å². The number of aromatic nitrogens is 2. The Balaban J connectivity index is 2.23. The van der Waals surface area contributed by atoms with Crippen molar-refractivity contribution in [1.82, 2.24) is 14.9 Å². The van der Waals surface area contributed by atoms with Crippen LogP contribution in [-0.2, 0) is 4.74 Å². The molecule has 0 spiro atoms. The second-order valence-corrected chi connectivity index (χ2v) is 15.0. The second-order valence-electron chi connectivity index (χ2n) is 10.1. The summed E-state index contributed by atoms with van der Waals surface area (Å²) in [5, 5.41) is 3.33. The first kappa shape index (κ1) is 27.2. The first-order chi connectivity index (χ1) is 17.0. The van der Waals surface area contributed by atoms with E-state index in [9.17, 15) is 9.59 Å². The maximum Gasteiger partial charge on any atom is 0.408 e. The molecule has 0 bridgehead atoms. The summed E-state index contributed by atoms with van der Waals surface area (Å²) in [7, 11) is -1.70. The average molecular weight is 504 g/mol.